The molecule has 0 unspecified atom stereocenters. The summed E-state index contributed by atoms with van der Waals surface area (Å²) >= 11 is 6.00. The minimum Gasteiger partial charge on any atom is -0.335 e. The van der Waals surface area contributed by atoms with Crippen molar-refractivity contribution in [1.82, 2.24) is 5.32 Å². The molecule has 0 saturated heterocycles. The van der Waals surface area contributed by atoms with Gasteiger partial charge in [0.15, 0.2) is 0 Å². The van der Waals surface area contributed by atoms with Gasteiger partial charge >= 0.3 is 6.03 Å². The summed E-state index contributed by atoms with van der Waals surface area (Å²) in [5.74, 6) is 0. The minimum atomic E-state index is -3.77. The van der Waals surface area contributed by atoms with E-state index < -0.39 is 10.0 Å². The van der Waals surface area contributed by atoms with Crippen molar-refractivity contribution in [2.45, 2.75) is 43.0 Å². The zero-order chi connectivity index (χ0) is 19.3. The average Bonchev–Trinajstić information content (AvgIpc) is 2.65. The molecule has 0 atom stereocenters. The lowest BCUT2D eigenvalue weighted by Crippen LogP contribution is -2.39. The third-order valence-corrected chi connectivity index (χ3v) is 6.19. The van der Waals surface area contributed by atoms with Crippen LogP contribution in [0.5, 0.6) is 0 Å². The summed E-state index contributed by atoms with van der Waals surface area (Å²) in [5.41, 5.74) is 0.841. The Morgan fingerprint density at radius 3 is 2.30 bits per heavy atom. The number of rotatable bonds is 5. The fourth-order valence-corrected chi connectivity index (χ4v) is 4.38. The predicted octanol–water partition coefficient (Wildman–Crippen LogP) is 4.60. The quantitative estimate of drug-likeness (QED) is 0.677. The minimum absolute atomic E-state index is 0.0839. The van der Waals surface area contributed by atoms with Crippen LogP contribution in [0.4, 0.5) is 16.2 Å². The van der Waals surface area contributed by atoms with Gasteiger partial charge in [0, 0.05) is 11.7 Å². The molecule has 0 spiro atoms. The smallest absolute Gasteiger partial charge is 0.319 e. The molecule has 1 aliphatic carbocycles. The Morgan fingerprint density at radius 2 is 1.63 bits per heavy atom. The molecule has 6 nitrogen and oxygen atoms in total. The molecule has 3 rings (SSSR count). The molecule has 0 aliphatic heterocycles. The molecule has 1 aliphatic rings. The van der Waals surface area contributed by atoms with Gasteiger partial charge in [0.1, 0.15) is 0 Å². The van der Waals surface area contributed by atoms with E-state index in [1.807, 2.05) is 0 Å². The van der Waals surface area contributed by atoms with Gasteiger partial charge < -0.3 is 10.6 Å². The first-order chi connectivity index (χ1) is 12.9. The van der Waals surface area contributed by atoms with E-state index in [-0.39, 0.29) is 17.0 Å². The first-order valence-corrected chi connectivity index (χ1v) is 10.7. The van der Waals surface area contributed by atoms with E-state index in [0.29, 0.717) is 16.4 Å². The van der Waals surface area contributed by atoms with E-state index in [2.05, 4.69) is 15.4 Å². The van der Waals surface area contributed by atoms with Crippen molar-refractivity contribution in [2.75, 3.05) is 10.0 Å². The van der Waals surface area contributed by atoms with E-state index in [1.165, 1.54) is 18.6 Å². The molecule has 3 N–H and O–H groups in total. The van der Waals surface area contributed by atoms with Gasteiger partial charge in [-0.2, -0.15) is 0 Å². The van der Waals surface area contributed by atoms with E-state index in [9.17, 15) is 13.2 Å². The van der Waals surface area contributed by atoms with E-state index in [1.54, 1.807) is 36.4 Å². The molecular formula is C19H22ClN3O3S. The molecule has 0 radical (unpaired) electrons. The number of hydrogen-bond donors (Lipinski definition) is 3. The molecular weight excluding hydrogens is 386 g/mol. The first-order valence-electron chi connectivity index (χ1n) is 8.89. The lowest BCUT2D eigenvalue weighted by atomic mass is 9.96. The maximum Gasteiger partial charge on any atom is 0.319 e. The molecule has 8 heteroatoms. The molecule has 144 valence electrons. The Labute approximate surface area is 164 Å². The standard InChI is InChI=1S/C19H22ClN3O3S/c20-17-8-4-5-9-18(17)23-27(25,26)16-12-10-15(11-13-16)22-19(24)21-14-6-2-1-3-7-14/h4-5,8-14,23H,1-3,6-7H2,(H2,21,22,24). The van der Waals surface area contributed by atoms with Crippen molar-refractivity contribution in [2.24, 2.45) is 0 Å². The topological polar surface area (TPSA) is 87.3 Å². The average molecular weight is 408 g/mol. The second-order valence-corrected chi connectivity index (χ2v) is 8.63. The third-order valence-electron chi connectivity index (χ3n) is 4.48. The Kier molecular flexibility index (Phi) is 6.23. The fourth-order valence-electron chi connectivity index (χ4n) is 3.06. The van der Waals surface area contributed by atoms with Gasteiger partial charge in [0.05, 0.1) is 15.6 Å². The normalized spacial score (nSPS) is 15.1. The number of carbonyl (C=O) groups is 1. The Hall–Kier alpha value is -2.25. The van der Waals surface area contributed by atoms with Crippen LogP contribution < -0.4 is 15.4 Å². The molecule has 0 heterocycles. The summed E-state index contributed by atoms with van der Waals surface area (Å²) < 4.78 is 27.4. The van der Waals surface area contributed by atoms with Crippen molar-refractivity contribution >= 4 is 39.0 Å². The van der Waals surface area contributed by atoms with Gasteiger partial charge in [-0.15, -0.1) is 0 Å². The highest BCUT2D eigenvalue weighted by atomic mass is 35.5. The summed E-state index contributed by atoms with van der Waals surface area (Å²) in [6, 6.07) is 12.5. The second kappa shape index (κ2) is 8.63. The van der Waals surface area contributed by atoms with Crippen LogP contribution in [0.1, 0.15) is 32.1 Å². The van der Waals surface area contributed by atoms with Crippen LogP contribution >= 0.6 is 11.6 Å². The van der Waals surface area contributed by atoms with E-state index >= 15 is 0 Å². The molecule has 1 saturated carbocycles. The maximum absolute atomic E-state index is 12.5. The number of hydrogen-bond acceptors (Lipinski definition) is 3. The summed E-state index contributed by atoms with van der Waals surface area (Å²) in [6.45, 7) is 0. The number of sulfonamides is 1. The van der Waals surface area contributed by atoms with Crippen molar-refractivity contribution in [3.05, 3.63) is 53.6 Å². The van der Waals surface area contributed by atoms with Crippen molar-refractivity contribution in [1.29, 1.82) is 0 Å². The molecule has 2 amide bonds. The molecule has 2 aromatic carbocycles. The summed E-state index contributed by atoms with van der Waals surface area (Å²) in [4.78, 5) is 12.2. The van der Waals surface area contributed by atoms with E-state index in [4.69, 9.17) is 11.6 Å². The molecule has 0 bridgehead atoms. The Balaban J connectivity index is 1.62. The first kappa shape index (κ1) is 19.5. The maximum atomic E-state index is 12.5. The van der Waals surface area contributed by atoms with Gasteiger partial charge in [-0.25, -0.2) is 13.2 Å². The highest BCUT2D eigenvalue weighted by Gasteiger charge is 2.17. The number of para-hydroxylation sites is 1. The number of amides is 2. The van der Waals surface area contributed by atoms with Crippen LogP contribution in [-0.2, 0) is 10.0 Å². The molecule has 0 aromatic heterocycles. The van der Waals surface area contributed by atoms with Crippen LogP contribution in [0.2, 0.25) is 5.02 Å². The number of carbonyl (C=O) groups excluding carboxylic acids is 1. The SMILES string of the molecule is O=C(Nc1ccc(S(=O)(=O)Nc2ccccc2Cl)cc1)NC1CCCCC1. The van der Waals surface area contributed by atoms with Gasteiger partial charge in [0.25, 0.3) is 10.0 Å². The molecule has 2 aromatic rings. The zero-order valence-corrected chi connectivity index (χ0v) is 16.3. The number of anilines is 2. The monoisotopic (exact) mass is 407 g/mol. The molecule has 27 heavy (non-hydrogen) atoms. The Bertz CT molecular complexity index is 895. The fraction of sp³-hybridized carbons (Fsp3) is 0.316. The number of nitrogens with one attached hydrogen (secondary N) is 3. The number of urea groups is 1. The van der Waals surface area contributed by atoms with Crippen molar-refractivity contribution in [3.8, 4) is 0 Å². The highest BCUT2D eigenvalue weighted by Crippen LogP contribution is 2.24. The largest absolute Gasteiger partial charge is 0.335 e. The second-order valence-electron chi connectivity index (χ2n) is 6.54. The Morgan fingerprint density at radius 1 is 0.963 bits per heavy atom. The zero-order valence-electron chi connectivity index (χ0n) is 14.7. The van der Waals surface area contributed by atoms with Crippen molar-refractivity contribution < 1.29 is 13.2 Å². The van der Waals surface area contributed by atoms with Crippen LogP contribution in [0.3, 0.4) is 0 Å². The number of halogens is 1. The summed E-state index contributed by atoms with van der Waals surface area (Å²) in [6.07, 6.45) is 5.49. The van der Waals surface area contributed by atoms with Crippen LogP contribution in [0.25, 0.3) is 0 Å². The predicted molar refractivity (Wildman–Crippen MR) is 108 cm³/mol. The van der Waals surface area contributed by atoms with Gasteiger partial charge in [-0.1, -0.05) is 43.0 Å². The van der Waals surface area contributed by atoms with E-state index in [0.717, 1.165) is 25.7 Å². The lowest BCUT2D eigenvalue weighted by molar-refractivity contribution is 0.244. The lowest BCUT2D eigenvalue weighted by Gasteiger charge is -2.22. The summed E-state index contributed by atoms with van der Waals surface area (Å²) in [7, 11) is -3.77. The summed E-state index contributed by atoms with van der Waals surface area (Å²) in [5, 5.41) is 6.01. The highest BCUT2D eigenvalue weighted by molar-refractivity contribution is 7.92. The van der Waals surface area contributed by atoms with Gasteiger partial charge in [0.2, 0.25) is 0 Å². The van der Waals surface area contributed by atoms with Gasteiger partial charge in [-0.3, -0.25) is 4.72 Å². The van der Waals surface area contributed by atoms with Crippen molar-refractivity contribution in [3.63, 3.8) is 0 Å². The third kappa shape index (κ3) is 5.37. The van der Waals surface area contributed by atoms with Crippen LogP contribution in [-0.4, -0.2) is 20.5 Å². The number of benzene rings is 2. The van der Waals surface area contributed by atoms with Gasteiger partial charge in [-0.05, 0) is 49.2 Å². The van der Waals surface area contributed by atoms with Crippen LogP contribution in [0.15, 0.2) is 53.4 Å². The molecule has 1 fully saturated rings. The van der Waals surface area contributed by atoms with Crippen LogP contribution in [0, 0.1) is 0 Å².